The molecule has 1 aromatic heterocycles. The third-order valence-electron chi connectivity index (χ3n) is 2.63. The summed E-state index contributed by atoms with van der Waals surface area (Å²) in [6, 6.07) is 2.21. The molecular weight excluding hydrogens is 202 g/mol. The van der Waals surface area contributed by atoms with Crippen molar-refractivity contribution in [1.29, 1.82) is 0 Å². The minimum Gasteiger partial charge on any atom is -0.359 e. The molecule has 1 amide bonds. The van der Waals surface area contributed by atoms with Crippen LogP contribution in [0.25, 0.3) is 0 Å². The van der Waals surface area contributed by atoms with Gasteiger partial charge in [-0.3, -0.25) is 9.78 Å². The summed E-state index contributed by atoms with van der Waals surface area (Å²) in [6.07, 6.45) is 4.16. The van der Waals surface area contributed by atoms with Gasteiger partial charge in [0.05, 0.1) is 0 Å². The Kier molecular flexibility index (Phi) is 4.92. The Morgan fingerprint density at radius 1 is 1.56 bits per heavy atom. The first-order valence-corrected chi connectivity index (χ1v) is 5.49. The second-order valence-corrected chi connectivity index (χ2v) is 3.83. The topological polar surface area (TPSA) is 54.0 Å². The van der Waals surface area contributed by atoms with Crippen molar-refractivity contribution in [3.63, 3.8) is 0 Å². The van der Waals surface area contributed by atoms with Crippen LogP contribution in [0.4, 0.5) is 0 Å². The summed E-state index contributed by atoms with van der Waals surface area (Å²) in [6.45, 7) is 4.82. The first-order valence-electron chi connectivity index (χ1n) is 5.49. The van der Waals surface area contributed by atoms with Crippen LogP contribution < -0.4 is 10.6 Å². The predicted molar refractivity (Wildman–Crippen MR) is 64.1 cm³/mol. The van der Waals surface area contributed by atoms with E-state index in [0.717, 1.165) is 0 Å². The van der Waals surface area contributed by atoms with Gasteiger partial charge in [0.1, 0.15) is 0 Å². The van der Waals surface area contributed by atoms with E-state index in [4.69, 9.17) is 0 Å². The molecule has 0 aliphatic heterocycles. The molecule has 1 unspecified atom stereocenters. The Bertz CT molecular complexity index is 352. The zero-order valence-corrected chi connectivity index (χ0v) is 10.1. The van der Waals surface area contributed by atoms with Crippen molar-refractivity contribution >= 4 is 5.91 Å². The van der Waals surface area contributed by atoms with E-state index in [0.29, 0.717) is 13.0 Å². The first kappa shape index (κ1) is 12.6. The number of hydrogen-bond acceptors (Lipinski definition) is 3. The highest BCUT2D eigenvalue weighted by molar-refractivity contribution is 5.75. The molecule has 0 aliphatic carbocycles. The molecule has 0 aromatic carbocycles. The van der Waals surface area contributed by atoms with Gasteiger partial charge in [0.15, 0.2) is 0 Å². The van der Waals surface area contributed by atoms with Crippen LogP contribution in [-0.2, 0) is 4.79 Å². The van der Waals surface area contributed by atoms with Gasteiger partial charge in [0, 0.05) is 38.4 Å². The van der Waals surface area contributed by atoms with E-state index in [1.54, 1.807) is 13.2 Å². The number of pyridine rings is 1. The Balaban J connectivity index is 2.44. The Morgan fingerprint density at radius 3 is 2.94 bits per heavy atom. The molecule has 1 rings (SSSR count). The highest BCUT2D eigenvalue weighted by atomic mass is 16.1. The molecule has 2 N–H and O–H groups in total. The molecule has 16 heavy (non-hydrogen) atoms. The minimum absolute atomic E-state index is 0.0580. The molecule has 0 saturated carbocycles. The van der Waals surface area contributed by atoms with Crippen molar-refractivity contribution in [3.8, 4) is 0 Å². The molecule has 0 spiro atoms. The first-order chi connectivity index (χ1) is 7.65. The van der Waals surface area contributed by atoms with Gasteiger partial charge in [-0.1, -0.05) is 0 Å². The molecule has 0 fully saturated rings. The lowest BCUT2D eigenvalue weighted by Crippen LogP contribution is -2.26. The van der Waals surface area contributed by atoms with Crippen LogP contribution >= 0.6 is 0 Å². The Hall–Kier alpha value is -1.42. The predicted octanol–water partition coefficient (Wildman–Crippen LogP) is 1.18. The van der Waals surface area contributed by atoms with Gasteiger partial charge in [-0.2, -0.15) is 0 Å². The third-order valence-corrected chi connectivity index (χ3v) is 2.63. The van der Waals surface area contributed by atoms with E-state index < -0.39 is 0 Å². The average molecular weight is 221 g/mol. The lowest BCUT2D eigenvalue weighted by atomic mass is 10.1. The largest absolute Gasteiger partial charge is 0.359 e. The second kappa shape index (κ2) is 6.23. The van der Waals surface area contributed by atoms with Crippen LogP contribution in [0.1, 0.15) is 30.5 Å². The van der Waals surface area contributed by atoms with Crippen LogP contribution in [0.5, 0.6) is 0 Å². The van der Waals surface area contributed by atoms with Gasteiger partial charge in [0.2, 0.25) is 5.91 Å². The third kappa shape index (κ3) is 3.62. The van der Waals surface area contributed by atoms with Crippen molar-refractivity contribution < 1.29 is 4.79 Å². The molecule has 0 radical (unpaired) electrons. The molecule has 0 bridgehead atoms. The Morgan fingerprint density at radius 2 is 2.31 bits per heavy atom. The standard InChI is InChI=1S/C12H19N3O/c1-9-4-6-14-8-11(9)10(2)15-7-5-12(16)13-3/h4,6,8,10,15H,5,7H2,1-3H3,(H,13,16). The normalized spacial score (nSPS) is 12.2. The van der Waals surface area contributed by atoms with Crippen LogP contribution in [0.3, 0.4) is 0 Å². The number of amides is 1. The van der Waals surface area contributed by atoms with Crippen LogP contribution in [-0.4, -0.2) is 24.5 Å². The molecule has 1 atom stereocenters. The van der Waals surface area contributed by atoms with Crippen LogP contribution in [0.2, 0.25) is 0 Å². The highest BCUT2D eigenvalue weighted by Gasteiger charge is 2.07. The highest BCUT2D eigenvalue weighted by Crippen LogP contribution is 2.14. The molecule has 88 valence electrons. The van der Waals surface area contributed by atoms with Gasteiger partial charge < -0.3 is 10.6 Å². The van der Waals surface area contributed by atoms with Gasteiger partial charge in [-0.15, -0.1) is 0 Å². The number of carbonyl (C=O) groups excluding carboxylic acids is 1. The second-order valence-electron chi connectivity index (χ2n) is 3.83. The minimum atomic E-state index is 0.0580. The summed E-state index contributed by atoms with van der Waals surface area (Å²) in [5.74, 6) is 0.0580. The number of nitrogens with one attached hydrogen (secondary N) is 2. The van der Waals surface area contributed by atoms with Crippen molar-refractivity contribution in [1.82, 2.24) is 15.6 Å². The fraction of sp³-hybridized carbons (Fsp3) is 0.500. The van der Waals surface area contributed by atoms with E-state index >= 15 is 0 Å². The average Bonchev–Trinajstić information content (AvgIpc) is 2.29. The summed E-state index contributed by atoms with van der Waals surface area (Å²) in [4.78, 5) is 15.1. The van der Waals surface area contributed by atoms with E-state index in [1.165, 1.54) is 11.1 Å². The van der Waals surface area contributed by atoms with Gasteiger partial charge >= 0.3 is 0 Å². The summed E-state index contributed by atoms with van der Waals surface area (Å²) in [7, 11) is 1.65. The lowest BCUT2D eigenvalue weighted by molar-refractivity contribution is -0.120. The summed E-state index contributed by atoms with van der Waals surface area (Å²) in [5, 5.41) is 5.90. The quantitative estimate of drug-likeness (QED) is 0.785. The summed E-state index contributed by atoms with van der Waals surface area (Å²) < 4.78 is 0. The fourth-order valence-corrected chi connectivity index (χ4v) is 1.57. The maximum Gasteiger partial charge on any atom is 0.221 e. The van der Waals surface area contributed by atoms with Crippen molar-refractivity contribution in [2.24, 2.45) is 0 Å². The van der Waals surface area contributed by atoms with Crippen LogP contribution in [0, 0.1) is 6.92 Å². The smallest absolute Gasteiger partial charge is 0.221 e. The number of rotatable bonds is 5. The molecule has 0 aliphatic rings. The SMILES string of the molecule is CNC(=O)CCNC(C)c1cnccc1C. The number of aryl methyl sites for hydroxylation is 1. The zero-order chi connectivity index (χ0) is 12.0. The monoisotopic (exact) mass is 221 g/mol. The van der Waals surface area contributed by atoms with E-state index in [-0.39, 0.29) is 11.9 Å². The number of nitrogens with zero attached hydrogens (tertiary/aromatic N) is 1. The summed E-state index contributed by atoms with van der Waals surface area (Å²) >= 11 is 0. The number of carbonyl (C=O) groups is 1. The molecule has 0 saturated heterocycles. The molecule has 1 aromatic rings. The maximum absolute atomic E-state index is 11.0. The fourth-order valence-electron chi connectivity index (χ4n) is 1.57. The van der Waals surface area contributed by atoms with Crippen LogP contribution in [0.15, 0.2) is 18.5 Å². The number of hydrogen-bond donors (Lipinski definition) is 2. The summed E-state index contributed by atoms with van der Waals surface area (Å²) in [5.41, 5.74) is 2.40. The Labute approximate surface area is 96.5 Å². The van der Waals surface area contributed by atoms with E-state index in [9.17, 15) is 4.79 Å². The van der Waals surface area contributed by atoms with Crippen molar-refractivity contribution in [2.45, 2.75) is 26.3 Å². The van der Waals surface area contributed by atoms with Gasteiger partial charge in [-0.25, -0.2) is 0 Å². The van der Waals surface area contributed by atoms with Crippen molar-refractivity contribution in [2.75, 3.05) is 13.6 Å². The van der Waals surface area contributed by atoms with Gasteiger partial charge in [-0.05, 0) is 31.0 Å². The molecule has 4 nitrogen and oxygen atoms in total. The van der Waals surface area contributed by atoms with E-state index in [1.807, 2.05) is 12.3 Å². The zero-order valence-electron chi connectivity index (χ0n) is 10.1. The lowest BCUT2D eigenvalue weighted by Gasteiger charge is -2.15. The maximum atomic E-state index is 11.0. The van der Waals surface area contributed by atoms with E-state index in [2.05, 4.69) is 29.5 Å². The molecular formula is C12H19N3O. The van der Waals surface area contributed by atoms with Crippen molar-refractivity contribution in [3.05, 3.63) is 29.6 Å². The molecule has 1 heterocycles. The molecule has 4 heteroatoms. The van der Waals surface area contributed by atoms with Gasteiger partial charge in [0.25, 0.3) is 0 Å². The number of aromatic nitrogens is 1.